The number of rotatable bonds is 3. The fourth-order valence-electron chi connectivity index (χ4n) is 1.83. The van der Waals surface area contributed by atoms with E-state index in [4.69, 9.17) is 15.5 Å². The molecule has 16 heavy (non-hydrogen) atoms. The fourth-order valence-corrected chi connectivity index (χ4v) is 1.83. The van der Waals surface area contributed by atoms with Crippen LogP contribution in [0.2, 0.25) is 0 Å². The molecule has 6 heteroatoms. The van der Waals surface area contributed by atoms with Gasteiger partial charge < -0.3 is 20.5 Å². The highest BCUT2D eigenvalue weighted by molar-refractivity contribution is 6.61. The number of carbonyl (C=O) groups is 1. The number of hydrogen-bond donors (Lipinski definition) is 3. The average molecular weight is 221 g/mol. The second-order valence-electron chi connectivity index (χ2n) is 3.80. The molecule has 0 aliphatic carbocycles. The van der Waals surface area contributed by atoms with Gasteiger partial charge in [0.15, 0.2) is 0 Å². The summed E-state index contributed by atoms with van der Waals surface area (Å²) in [7, 11) is -0.906. The third-order valence-electron chi connectivity index (χ3n) is 2.72. The van der Waals surface area contributed by atoms with Crippen LogP contribution in [-0.2, 0) is 22.5 Å². The van der Waals surface area contributed by atoms with Crippen molar-refractivity contribution < 1.29 is 19.6 Å². The minimum absolute atomic E-state index is 0.245. The summed E-state index contributed by atoms with van der Waals surface area (Å²) in [4.78, 5) is 10.7. The van der Waals surface area contributed by atoms with E-state index in [-0.39, 0.29) is 6.42 Å². The first-order chi connectivity index (χ1) is 7.59. The average Bonchev–Trinajstić information content (AvgIpc) is 2.62. The van der Waals surface area contributed by atoms with Crippen LogP contribution >= 0.6 is 0 Å². The van der Waals surface area contributed by atoms with E-state index in [9.17, 15) is 9.82 Å². The van der Waals surface area contributed by atoms with Gasteiger partial charge >= 0.3 is 13.1 Å². The maximum absolute atomic E-state index is 10.7. The summed E-state index contributed by atoms with van der Waals surface area (Å²) in [5.74, 6) is -1.03. The largest absolute Gasteiger partial charge is 0.491 e. The zero-order chi connectivity index (χ0) is 11.7. The molecular weight excluding hydrogens is 209 g/mol. The van der Waals surface area contributed by atoms with Crippen molar-refractivity contribution >= 4 is 18.6 Å². The lowest BCUT2D eigenvalue weighted by atomic mass is 9.78. The van der Waals surface area contributed by atoms with E-state index in [0.717, 1.165) is 11.1 Å². The fraction of sp³-hybridized carbons (Fsp3) is 0.300. The van der Waals surface area contributed by atoms with Crippen molar-refractivity contribution in [2.75, 3.05) is 0 Å². The number of aliphatic carboxylic acids is 1. The summed E-state index contributed by atoms with van der Waals surface area (Å²) in [5.41, 5.74) is 7.85. The minimum atomic E-state index is -1.03. The van der Waals surface area contributed by atoms with E-state index >= 15 is 0 Å². The highest BCUT2D eigenvalue weighted by Crippen LogP contribution is 2.16. The molecule has 84 valence electrons. The van der Waals surface area contributed by atoms with Gasteiger partial charge in [-0.15, -0.1) is 0 Å². The Bertz CT molecular complexity index is 423. The molecule has 1 aromatic carbocycles. The topological polar surface area (TPSA) is 92.8 Å². The number of benzene rings is 1. The van der Waals surface area contributed by atoms with E-state index in [1.807, 2.05) is 6.07 Å². The molecule has 1 aliphatic heterocycles. The zero-order valence-electron chi connectivity index (χ0n) is 8.59. The van der Waals surface area contributed by atoms with Gasteiger partial charge in [0.25, 0.3) is 0 Å². The van der Waals surface area contributed by atoms with E-state index in [1.54, 1.807) is 12.1 Å². The molecule has 4 N–H and O–H groups in total. The van der Waals surface area contributed by atoms with Crippen LogP contribution in [0.5, 0.6) is 0 Å². The van der Waals surface area contributed by atoms with Crippen LogP contribution < -0.4 is 11.2 Å². The molecule has 0 spiro atoms. The number of nitrogens with two attached hydrogens (primary N) is 1. The van der Waals surface area contributed by atoms with Gasteiger partial charge in [-0.05, 0) is 23.0 Å². The molecule has 1 atom stereocenters. The van der Waals surface area contributed by atoms with Crippen molar-refractivity contribution in [2.45, 2.75) is 19.1 Å². The second-order valence-corrected chi connectivity index (χ2v) is 3.80. The van der Waals surface area contributed by atoms with Gasteiger partial charge in [-0.25, -0.2) is 0 Å². The molecule has 0 aromatic heterocycles. The third kappa shape index (κ3) is 1.95. The molecule has 0 saturated carbocycles. The van der Waals surface area contributed by atoms with Crippen molar-refractivity contribution in [1.29, 1.82) is 0 Å². The van der Waals surface area contributed by atoms with Gasteiger partial charge in [0, 0.05) is 0 Å². The van der Waals surface area contributed by atoms with Crippen molar-refractivity contribution in [3.8, 4) is 0 Å². The molecule has 0 radical (unpaired) electrons. The number of hydrogen-bond acceptors (Lipinski definition) is 4. The summed E-state index contributed by atoms with van der Waals surface area (Å²) < 4.78 is 5.07. The molecule has 1 unspecified atom stereocenters. The Morgan fingerprint density at radius 3 is 3.06 bits per heavy atom. The molecule has 2 rings (SSSR count). The zero-order valence-corrected chi connectivity index (χ0v) is 8.59. The van der Waals surface area contributed by atoms with E-state index in [1.165, 1.54) is 0 Å². The van der Waals surface area contributed by atoms with Gasteiger partial charge in [-0.3, -0.25) is 4.79 Å². The first-order valence-corrected chi connectivity index (χ1v) is 4.98. The Kier molecular flexibility index (Phi) is 2.96. The normalized spacial score (nSPS) is 16.0. The predicted octanol–water partition coefficient (Wildman–Crippen LogP) is -1.14. The molecule has 0 saturated heterocycles. The summed E-state index contributed by atoms with van der Waals surface area (Å²) >= 11 is 0. The Morgan fingerprint density at radius 2 is 2.38 bits per heavy atom. The number of carboxylic acids is 1. The summed E-state index contributed by atoms with van der Waals surface area (Å²) in [5, 5.41) is 18.2. The van der Waals surface area contributed by atoms with Crippen molar-refractivity contribution in [1.82, 2.24) is 0 Å². The molecular formula is C10H12BNO4. The smallest absolute Gasteiger partial charge is 0.480 e. The van der Waals surface area contributed by atoms with Gasteiger partial charge in [0.2, 0.25) is 0 Å². The Labute approximate surface area is 93.0 Å². The quantitative estimate of drug-likeness (QED) is 0.561. The lowest BCUT2D eigenvalue weighted by Crippen LogP contribution is -2.33. The third-order valence-corrected chi connectivity index (χ3v) is 2.72. The Hall–Kier alpha value is -1.37. The predicted molar refractivity (Wildman–Crippen MR) is 58.2 cm³/mol. The SMILES string of the molecule is NC(Cc1cccc2c1COB2O)C(=O)O. The van der Waals surface area contributed by atoms with E-state index in [0.29, 0.717) is 12.1 Å². The van der Waals surface area contributed by atoms with Crippen molar-refractivity contribution in [2.24, 2.45) is 5.73 Å². The monoisotopic (exact) mass is 221 g/mol. The van der Waals surface area contributed by atoms with Crippen LogP contribution in [0.15, 0.2) is 18.2 Å². The van der Waals surface area contributed by atoms with Crippen LogP contribution in [0.3, 0.4) is 0 Å². The highest BCUT2D eigenvalue weighted by Gasteiger charge is 2.29. The molecule has 0 fully saturated rings. The van der Waals surface area contributed by atoms with Crippen LogP contribution in [0.4, 0.5) is 0 Å². The van der Waals surface area contributed by atoms with Crippen LogP contribution in [0.25, 0.3) is 0 Å². The lowest BCUT2D eigenvalue weighted by molar-refractivity contribution is -0.138. The van der Waals surface area contributed by atoms with Gasteiger partial charge in [0.05, 0.1) is 6.61 Å². The number of fused-ring (bicyclic) bond motifs is 1. The highest BCUT2D eigenvalue weighted by atomic mass is 16.5. The minimum Gasteiger partial charge on any atom is -0.480 e. The van der Waals surface area contributed by atoms with Crippen LogP contribution in [-0.4, -0.2) is 29.3 Å². The summed E-state index contributed by atoms with van der Waals surface area (Å²) in [6, 6.07) is 4.41. The first kappa shape index (κ1) is 11.1. The van der Waals surface area contributed by atoms with Crippen LogP contribution in [0, 0.1) is 0 Å². The molecule has 5 nitrogen and oxygen atoms in total. The van der Waals surface area contributed by atoms with Crippen molar-refractivity contribution in [3.63, 3.8) is 0 Å². The first-order valence-electron chi connectivity index (χ1n) is 4.98. The molecule has 0 bridgehead atoms. The maximum atomic E-state index is 10.7. The van der Waals surface area contributed by atoms with Gasteiger partial charge in [0.1, 0.15) is 6.04 Å². The standard InChI is InChI=1S/C10H12BNO4/c12-9(10(13)14)4-6-2-1-3-8-7(6)5-16-11(8)15/h1-3,9,15H,4-5,12H2,(H,13,14). The molecule has 1 aliphatic rings. The van der Waals surface area contributed by atoms with Gasteiger partial charge in [-0.1, -0.05) is 18.2 Å². The van der Waals surface area contributed by atoms with Crippen LogP contribution in [0.1, 0.15) is 11.1 Å². The molecule has 1 aromatic rings. The molecule has 0 amide bonds. The van der Waals surface area contributed by atoms with Crippen molar-refractivity contribution in [3.05, 3.63) is 29.3 Å². The Balaban J connectivity index is 2.26. The lowest BCUT2D eigenvalue weighted by Gasteiger charge is -2.10. The van der Waals surface area contributed by atoms with E-state index < -0.39 is 19.1 Å². The second kappa shape index (κ2) is 4.25. The summed E-state index contributed by atoms with van der Waals surface area (Å²) in [6.07, 6.45) is 0.245. The molecule has 1 heterocycles. The number of carboxylic acid groups (broad SMARTS) is 1. The maximum Gasteiger partial charge on any atom is 0.491 e. The van der Waals surface area contributed by atoms with Gasteiger partial charge in [-0.2, -0.15) is 0 Å². The Morgan fingerprint density at radius 1 is 1.62 bits per heavy atom. The summed E-state index contributed by atoms with van der Waals surface area (Å²) in [6.45, 7) is 0.305. The van der Waals surface area contributed by atoms with E-state index in [2.05, 4.69) is 0 Å².